The summed E-state index contributed by atoms with van der Waals surface area (Å²) in [6.07, 6.45) is 0. The first-order chi connectivity index (χ1) is 6.95. The first-order valence-electron chi connectivity index (χ1n) is 4.86. The minimum atomic E-state index is -0.0156. The van der Waals surface area contributed by atoms with Crippen molar-refractivity contribution in [3.05, 3.63) is 27.7 Å². The molecule has 1 heterocycles. The Kier molecular flexibility index (Phi) is 1.89. The maximum atomic E-state index is 11.7. The van der Waals surface area contributed by atoms with E-state index >= 15 is 0 Å². The average molecular weight is 205 g/mol. The molecule has 4 heteroatoms. The Balaban J connectivity index is 3.13. The molecule has 4 nitrogen and oxygen atoms in total. The molecule has 0 aliphatic heterocycles. The zero-order valence-corrected chi connectivity index (χ0v) is 9.46. The topological polar surface area (TPSA) is 52.9 Å². The van der Waals surface area contributed by atoms with Crippen LogP contribution in [0.25, 0.3) is 11.0 Å². The smallest absolute Gasteiger partial charge is 0.328 e. The van der Waals surface area contributed by atoms with Crippen molar-refractivity contribution in [3.8, 4) is 0 Å². The number of rotatable bonds is 0. The maximum Gasteiger partial charge on any atom is 0.328 e. The summed E-state index contributed by atoms with van der Waals surface area (Å²) in [4.78, 5) is 11.7. The zero-order chi connectivity index (χ0) is 11.3. The molecule has 1 aromatic carbocycles. The van der Waals surface area contributed by atoms with E-state index in [1.165, 1.54) is 0 Å². The molecule has 0 amide bonds. The van der Waals surface area contributed by atoms with E-state index in [1.807, 2.05) is 19.9 Å². The van der Waals surface area contributed by atoms with Crippen molar-refractivity contribution in [1.29, 1.82) is 0 Å². The first kappa shape index (κ1) is 9.83. The average Bonchev–Trinajstić information content (AvgIpc) is 2.40. The lowest BCUT2D eigenvalue weighted by atomic mass is 10.1. The van der Waals surface area contributed by atoms with Crippen LogP contribution in [0.15, 0.2) is 10.9 Å². The van der Waals surface area contributed by atoms with Gasteiger partial charge in [-0.2, -0.15) is 0 Å². The predicted molar refractivity (Wildman–Crippen MR) is 62.0 cm³/mol. The third kappa shape index (κ3) is 1.11. The lowest BCUT2D eigenvalue weighted by molar-refractivity contribution is 0.794. The predicted octanol–water partition coefficient (Wildman–Crippen LogP) is 1.08. The van der Waals surface area contributed by atoms with E-state index in [4.69, 9.17) is 5.73 Å². The van der Waals surface area contributed by atoms with Crippen LogP contribution in [0.1, 0.15) is 11.1 Å². The van der Waals surface area contributed by atoms with Crippen LogP contribution in [0.4, 0.5) is 5.69 Å². The minimum absolute atomic E-state index is 0.0156. The standard InChI is InChI=1S/C11H15N3O/c1-6-7(2)10-9(5-8(6)12)13(3)11(15)14(10)4/h5H,12H2,1-4H3. The fourth-order valence-electron chi connectivity index (χ4n) is 2.01. The molecular weight excluding hydrogens is 190 g/mol. The van der Waals surface area contributed by atoms with E-state index in [0.717, 1.165) is 27.8 Å². The van der Waals surface area contributed by atoms with Gasteiger partial charge in [-0.05, 0) is 31.0 Å². The summed E-state index contributed by atoms with van der Waals surface area (Å²) in [7, 11) is 3.55. The van der Waals surface area contributed by atoms with Gasteiger partial charge in [0.1, 0.15) is 0 Å². The highest BCUT2D eigenvalue weighted by atomic mass is 16.1. The summed E-state index contributed by atoms with van der Waals surface area (Å²) in [6.45, 7) is 3.97. The molecular formula is C11H15N3O. The van der Waals surface area contributed by atoms with Gasteiger partial charge in [0, 0.05) is 19.8 Å². The molecule has 2 aromatic rings. The summed E-state index contributed by atoms with van der Waals surface area (Å²) in [5, 5.41) is 0. The molecule has 0 bridgehead atoms. The number of benzene rings is 1. The number of hydrogen-bond acceptors (Lipinski definition) is 2. The Morgan fingerprint density at radius 2 is 1.73 bits per heavy atom. The minimum Gasteiger partial charge on any atom is -0.398 e. The van der Waals surface area contributed by atoms with Crippen molar-refractivity contribution in [2.45, 2.75) is 13.8 Å². The second-order valence-electron chi connectivity index (χ2n) is 3.98. The molecule has 2 rings (SSSR count). The third-order valence-corrected chi connectivity index (χ3v) is 3.16. The van der Waals surface area contributed by atoms with Crippen LogP contribution in [0.3, 0.4) is 0 Å². The van der Waals surface area contributed by atoms with Gasteiger partial charge in [-0.15, -0.1) is 0 Å². The molecule has 0 saturated heterocycles. The van der Waals surface area contributed by atoms with Crippen LogP contribution >= 0.6 is 0 Å². The van der Waals surface area contributed by atoms with Gasteiger partial charge >= 0.3 is 5.69 Å². The SMILES string of the molecule is Cc1c(N)cc2c(c1C)n(C)c(=O)n2C. The molecule has 0 aliphatic carbocycles. The van der Waals surface area contributed by atoms with Crippen LogP contribution in [0.5, 0.6) is 0 Å². The molecule has 0 spiro atoms. The van der Waals surface area contributed by atoms with Crippen molar-refractivity contribution >= 4 is 16.7 Å². The number of aryl methyl sites for hydroxylation is 3. The fraction of sp³-hybridized carbons (Fsp3) is 0.364. The van der Waals surface area contributed by atoms with E-state index in [1.54, 1.807) is 23.2 Å². The van der Waals surface area contributed by atoms with Crippen molar-refractivity contribution in [2.24, 2.45) is 14.1 Å². The Bertz CT molecular complexity index is 605. The van der Waals surface area contributed by atoms with E-state index in [9.17, 15) is 4.79 Å². The second kappa shape index (κ2) is 2.89. The van der Waals surface area contributed by atoms with Crippen molar-refractivity contribution in [1.82, 2.24) is 9.13 Å². The molecule has 80 valence electrons. The van der Waals surface area contributed by atoms with Crippen molar-refractivity contribution in [2.75, 3.05) is 5.73 Å². The molecule has 0 radical (unpaired) electrons. The largest absolute Gasteiger partial charge is 0.398 e. The van der Waals surface area contributed by atoms with Gasteiger partial charge in [0.25, 0.3) is 0 Å². The van der Waals surface area contributed by atoms with E-state index in [0.29, 0.717) is 0 Å². The normalized spacial score (nSPS) is 11.2. The summed E-state index contributed by atoms with van der Waals surface area (Å²) >= 11 is 0. The van der Waals surface area contributed by atoms with Gasteiger partial charge in [0.2, 0.25) is 0 Å². The van der Waals surface area contributed by atoms with Crippen LogP contribution in [-0.2, 0) is 14.1 Å². The van der Waals surface area contributed by atoms with E-state index in [2.05, 4.69) is 0 Å². The molecule has 0 aliphatic rings. The van der Waals surface area contributed by atoms with Crippen LogP contribution in [0, 0.1) is 13.8 Å². The van der Waals surface area contributed by atoms with Gasteiger partial charge < -0.3 is 5.73 Å². The number of nitrogens with zero attached hydrogens (tertiary/aromatic N) is 2. The second-order valence-corrected chi connectivity index (χ2v) is 3.98. The Hall–Kier alpha value is -1.71. The number of nitrogen functional groups attached to an aromatic ring is 1. The molecule has 0 fully saturated rings. The van der Waals surface area contributed by atoms with Crippen LogP contribution < -0.4 is 11.4 Å². The summed E-state index contributed by atoms with van der Waals surface area (Å²) in [5.74, 6) is 0. The Morgan fingerprint density at radius 1 is 1.13 bits per heavy atom. The number of fused-ring (bicyclic) bond motifs is 1. The molecule has 0 unspecified atom stereocenters. The van der Waals surface area contributed by atoms with Gasteiger partial charge in [-0.3, -0.25) is 9.13 Å². The van der Waals surface area contributed by atoms with Crippen LogP contribution in [-0.4, -0.2) is 9.13 Å². The summed E-state index contributed by atoms with van der Waals surface area (Å²) < 4.78 is 3.29. The molecule has 15 heavy (non-hydrogen) atoms. The van der Waals surface area contributed by atoms with Crippen molar-refractivity contribution < 1.29 is 0 Å². The third-order valence-electron chi connectivity index (χ3n) is 3.16. The lowest BCUT2D eigenvalue weighted by Crippen LogP contribution is -2.19. The van der Waals surface area contributed by atoms with E-state index < -0.39 is 0 Å². The quantitative estimate of drug-likeness (QED) is 0.654. The number of imidazole rings is 1. The maximum absolute atomic E-state index is 11.7. The first-order valence-corrected chi connectivity index (χ1v) is 4.86. The molecule has 0 atom stereocenters. The zero-order valence-electron chi connectivity index (χ0n) is 9.46. The fourth-order valence-corrected chi connectivity index (χ4v) is 2.01. The lowest BCUT2D eigenvalue weighted by Gasteiger charge is -2.07. The summed E-state index contributed by atoms with van der Waals surface area (Å²) in [5.41, 5.74) is 10.6. The monoisotopic (exact) mass is 205 g/mol. The van der Waals surface area contributed by atoms with E-state index in [-0.39, 0.29) is 5.69 Å². The van der Waals surface area contributed by atoms with Gasteiger partial charge in [0.05, 0.1) is 11.0 Å². The Morgan fingerprint density at radius 3 is 2.33 bits per heavy atom. The molecule has 0 saturated carbocycles. The van der Waals surface area contributed by atoms with Gasteiger partial charge in [-0.1, -0.05) is 0 Å². The summed E-state index contributed by atoms with van der Waals surface area (Å²) in [6, 6.07) is 1.86. The highest BCUT2D eigenvalue weighted by molar-refractivity contribution is 5.85. The highest BCUT2D eigenvalue weighted by Crippen LogP contribution is 2.24. The van der Waals surface area contributed by atoms with Crippen molar-refractivity contribution in [3.63, 3.8) is 0 Å². The van der Waals surface area contributed by atoms with Crippen LogP contribution in [0.2, 0.25) is 0 Å². The Labute approximate surface area is 87.9 Å². The molecule has 2 N–H and O–H groups in total. The molecule has 1 aromatic heterocycles. The van der Waals surface area contributed by atoms with Gasteiger partial charge in [0.15, 0.2) is 0 Å². The number of aromatic nitrogens is 2. The highest BCUT2D eigenvalue weighted by Gasteiger charge is 2.12. The number of anilines is 1. The number of hydrogen-bond donors (Lipinski definition) is 1. The van der Waals surface area contributed by atoms with Gasteiger partial charge in [-0.25, -0.2) is 4.79 Å². The number of nitrogens with two attached hydrogens (primary N) is 1.